The third-order valence-electron chi connectivity index (χ3n) is 2.16. The average molecular weight is 270 g/mol. The maximum atomic E-state index is 11.8. The van der Waals surface area contributed by atoms with E-state index in [1.54, 1.807) is 13.8 Å². The SMILES string of the molecule is CC(C)C(CC(=O)O)NC(=O)CNCC(F)(F)F. The van der Waals surface area contributed by atoms with Gasteiger partial charge in [0.15, 0.2) is 0 Å². The van der Waals surface area contributed by atoms with Gasteiger partial charge in [-0.15, -0.1) is 0 Å². The van der Waals surface area contributed by atoms with Crippen molar-refractivity contribution in [2.24, 2.45) is 5.92 Å². The van der Waals surface area contributed by atoms with E-state index in [1.807, 2.05) is 5.32 Å². The van der Waals surface area contributed by atoms with Crippen LogP contribution in [-0.4, -0.2) is 42.3 Å². The van der Waals surface area contributed by atoms with E-state index in [2.05, 4.69) is 5.32 Å². The third kappa shape index (κ3) is 8.80. The van der Waals surface area contributed by atoms with Gasteiger partial charge < -0.3 is 15.7 Å². The number of aliphatic carboxylic acids is 1. The van der Waals surface area contributed by atoms with Crippen molar-refractivity contribution in [3.05, 3.63) is 0 Å². The van der Waals surface area contributed by atoms with Crippen LogP contribution in [0.3, 0.4) is 0 Å². The molecule has 106 valence electrons. The van der Waals surface area contributed by atoms with Gasteiger partial charge in [0.05, 0.1) is 19.5 Å². The van der Waals surface area contributed by atoms with E-state index in [4.69, 9.17) is 5.11 Å². The molecule has 1 amide bonds. The van der Waals surface area contributed by atoms with Crippen LogP contribution in [0.25, 0.3) is 0 Å². The van der Waals surface area contributed by atoms with Crippen molar-refractivity contribution in [2.45, 2.75) is 32.5 Å². The average Bonchev–Trinajstić information content (AvgIpc) is 2.13. The minimum absolute atomic E-state index is 0.118. The summed E-state index contributed by atoms with van der Waals surface area (Å²) in [7, 11) is 0. The molecule has 0 rings (SSSR count). The standard InChI is InChI=1S/C10H17F3N2O3/c1-6(2)7(3-9(17)18)15-8(16)4-14-5-10(11,12)13/h6-7,14H,3-5H2,1-2H3,(H,15,16)(H,17,18). The van der Waals surface area contributed by atoms with Gasteiger partial charge in [-0.2, -0.15) is 13.2 Å². The van der Waals surface area contributed by atoms with Crippen LogP contribution < -0.4 is 10.6 Å². The summed E-state index contributed by atoms with van der Waals surface area (Å²) in [6, 6.07) is -0.595. The van der Waals surface area contributed by atoms with E-state index < -0.39 is 37.2 Å². The van der Waals surface area contributed by atoms with Gasteiger partial charge in [0.1, 0.15) is 0 Å². The van der Waals surface area contributed by atoms with Crippen LogP contribution in [0.5, 0.6) is 0 Å². The summed E-state index contributed by atoms with van der Waals surface area (Å²) in [5.74, 6) is -1.84. The van der Waals surface area contributed by atoms with Crippen molar-refractivity contribution in [1.29, 1.82) is 0 Å². The van der Waals surface area contributed by atoms with E-state index in [0.29, 0.717) is 0 Å². The molecule has 0 aliphatic carbocycles. The number of nitrogens with one attached hydrogen (secondary N) is 2. The lowest BCUT2D eigenvalue weighted by atomic mass is 10.0. The molecule has 8 heteroatoms. The molecular weight excluding hydrogens is 253 g/mol. The first-order chi connectivity index (χ1) is 8.11. The Kier molecular flexibility index (Phi) is 6.67. The van der Waals surface area contributed by atoms with Crippen LogP contribution in [-0.2, 0) is 9.59 Å². The van der Waals surface area contributed by atoms with Crippen LogP contribution in [0.4, 0.5) is 13.2 Å². The zero-order valence-corrected chi connectivity index (χ0v) is 10.2. The van der Waals surface area contributed by atoms with E-state index in [9.17, 15) is 22.8 Å². The maximum absolute atomic E-state index is 11.8. The number of carbonyl (C=O) groups excluding carboxylic acids is 1. The second kappa shape index (κ2) is 7.20. The van der Waals surface area contributed by atoms with Gasteiger partial charge in [-0.05, 0) is 5.92 Å². The Bertz CT molecular complexity index is 293. The first kappa shape index (κ1) is 16.7. The number of carbonyl (C=O) groups is 2. The molecule has 0 aromatic heterocycles. The molecule has 0 aliphatic heterocycles. The van der Waals surface area contributed by atoms with E-state index in [0.717, 1.165) is 0 Å². The number of carboxylic acids is 1. The van der Waals surface area contributed by atoms with Crippen molar-refractivity contribution in [1.82, 2.24) is 10.6 Å². The highest BCUT2D eigenvalue weighted by atomic mass is 19.4. The van der Waals surface area contributed by atoms with Gasteiger partial charge in [0, 0.05) is 6.04 Å². The molecule has 0 aromatic rings. The Hall–Kier alpha value is -1.31. The fraction of sp³-hybridized carbons (Fsp3) is 0.800. The van der Waals surface area contributed by atoms with E-state index >= 15 is 0 Å². The zero-order valence-electron chi connectivity index (χ0n) is 10.2. The predicted octanol–water partition coefficient (Wildman–Crippen LogP) is 0.754. The highest BCUT2D eigenvalue weighted by Crippen LogP contribution is 2.11. The Morgan fingerprint density at radius 2 is 1.83 bits per heavy atom. The number of halogens is 3. The molecule has 1 unspecified atom stereocenters. The molecule has 0 aliphatic rings. The fourth-order valence-corrected chi connectivity index (χ4v) is 1.22. The van der Waals surface area contributed by atoms with Gasteiger partial charge in [-0.25, -0.2) is 0 Å². The smallest absolute Gasteiger partial charge is 0.401 e. The van der Waals surface area contributed by atoms with Crippen LogP contribution in [0.1, 0.15) is 20.3 Å². The van der Waals surface area contributed by atoms with Crippen molar-refractivity contribution in [3.8, 4) is 0 Å². The topological polar surface area (TPSA) is 78.4 Å². The molecule has 0 heterocycles. The Balaban J connectivity index is 4.07. The van der Waals surface area contributed by atoms with E-state index in [-0.39, 0.29) is 12.3 Å². The van der Waals surface area contributed by atoms with Gasteiger partial charge >= 0.3 is 12.1 Å². The van der Waals surface area contributed by atoms with Gasteiger partial charge in [0.25, 0.3) is 0 Å². The molecular formula is C10H17F3N2O3. The monoisotopic (exact) mass is 270 g/mol. The molecule has 1 atom stereocenters. The largest absolute Gasteiger partial charge is 0.481 e. The van der Waals surface area contributed by atoms with Crippen molar-refractivity contribution in [2.75, 3.05) is 13.1 Å². The molecule has 18 heavy (non-hydrogen) atoms. The third-order valence-corrected chi connectivity index (χ3v) is 2.16. The lowest BCUT2D eigenvalue weighted by molar-refractivity contribution is -0.138. The lowest BCUT2D eigenvalue weighted by Crippen LogP contribution is -2.45. The number of carboxylic acid groups (broad SMARTS) is 1. The molecule has 0 saturated carbocycles. The highest BCUT2D eigenvalue weighted by molar-refractivity contribution is 5.79. The molecule has 0 spiro atoms. The minimum atomic E-state index is -4.38. The number of alkyl halides is 3. The molecule has 0 bridgehead atoms. The van der Waals surface area contributed by atoms with Crippen LogP contribution >= 0.6 is 0 Å². The first-order valence-corrected chi connectivity index (χ1v) is 5.40. The van der Waals surface area contributed by atoms with Crippen molar-refractivity contribution < 1.29 is 27.9 Å². The Morgan fingerprint density at radius 1 is 1.28 bits per heavy atom. The van der Waals surface area contributed by atoms with Crippen LogP contribution in [0.15, 0.2) is 0 Å². The zero-order chi connectivity index (χ0) is 14.3. The van der Waals surface area contributed by atoms with Crippen LogP contribution in [0.2, 0.25) is 0 Å². The van der Waals surface area contributed by atoms with Crippen molar-refractivity contribution >= 4 is 11.9 Å². The predicted molar refractivity (Wildman–Crippen MR) is 57.9 cm³/mol. The summed E-state index contributed by atoms with van der Waals surface area (Å²) in [4.78, 5) is 21.8. The molecule has 0 fully saturated rings. The first-order valence-electron chi connectivity index (χ1n) is 5.40. The van der Waals surface area contributed by atoms with Crippen molar-refractivity contribution in [3.63, 3.8) is 0 Å². The molecule has 5 nitrogen and oxygen atoms in total. The summed E-state index contributed by atoms with van der Waals surface area (Å²) >= 11 is 0. The Morgan fingerprint density at radius 3 is 2.22 bits per heavy atom. The highest BCUT2D eigenvalue weighted by Gasteiger charge is 2.27. The summed E-state index contributed by atoms with van der Waals surface area (Å²) in [6.07, 6.45) is -4.64. The number of amides is 1. The molecule has 0 radical (unpaired) electrons. The molecule has 0 saturated heterocycles. The maximum Gasteiger partial charge on any atom is 0.401 e. The van der Waals surface area contributed by atoms with Crippen LogP contribution in [0, 0.1) is 5.92 Å². The quantitative estimate of drug-likeness (QED) is 0.638. The normalized spacial score (nSPS) is 13.4. The molecule has 3 N–H and O–H groups in total. The summed E-state index contributed by atoms with van der Waals surface area (Å²) in [5, 5.41) is 12.9. The fourth-order valence-electron chi connectivity index (χ4n) is 1.22. The second-order valence-corrected chi connectivity index (χ2v) is 4.23. The van der Waals surface area contributed by atoms with E-state index in [1.165, 1.54) is 0 Å². The summed E-state index contributed by atoms with van der Waals surface area (Å²) in [6.45, 7) is 1.68. The summed E-state index contributed by atoms with van der Waals surface area (Å²) in [5.41, 5.74) is 0. The number of hydrogen-bond acceptors (Lipinski definition) is 3. The molecule has 0 aromatic carbocycles. The van der Waals surface area contributed by atoms with Gasteiger partial charge in [-0.1, -0.05) is 13.8 Å². The lowest BCUT2D eigenvalue weighted by Gasteiger charge is -2.20. The van der Waals surface area contributed by atoms with Gasteiger partial charge in [-0.3, -0.25) is 9.59 Å². The summed E-state index contributed by atoms with van der Waals surface area (Å²) < 4.78 is 35.4. The minimum Gasteiger partial charge on any atom is -0.481 e. The number of hydrogen-bond donors (Lipinski definition) is 3. The Labute approximate surface area is 103 Å². The van der Waals surface area contributed by atoms with Gasteiger partial charge in [0.2, 0.25) is 5.91 Å². The second-order valence-electron chi connectivity index (χ2n) is 4.23. The number of rotatable bonds is 7.